The van der Waals surface area contributed by atoms with Gasteiger partial charge in [-0.25, -0.2) is 4.98 Å². The first-order valence-electron chi connectivity index (χ1n) is 8.15. The Morgan fingerprint density at radius 3 is 2.48 bits per heavy atom. The molecule has 0 spiro atoms. The number of hydrogen-bond donors (Lipinski definition) is 0. The molecule has 0 unspecified atom stereocenters. The summed E-state index contributed by atoms with van der Waals surface area (Å²) in [4.78, 5) is 14.8. The third-order valence-electron chi connectivity index (χ3n) is 4.13. The van der Waals surface area contributed by atoms with Gasteiger partial charge >= 0.3 is 0 Å². The van der Waals surface area contributed by atoms with Crippen molar-refractivity contribution >= 4 is 11.3 Å². The van der Waals surface area contributed by atoms with E-state index in [1.165, 1.54) is 10.4 Å². The van der Waals surface area contributed by atoms with Gasteiger partial charge in [0.25, 0.3) is 0 Å². The fourth-order valence-electron chi connectivity index (χ4n) is 2.84. The van der Waals surface area contributed by atoms with E-state index in [-0.39, 0.29) is 0 Å². The Labute approximate surface area is 150 Å². The molecule has 0 aliphatic carbocycles. The highest BCUT2D eigenvalue weighted by atomic mass is 32.1. The van der Waals surface area contributed by atoms with Crippen LogP contribution in [0.3, 0.4) is 0 Å². The molecule has 0 bridgehead atoms. The van der Waals surface area contributed by atoms with Gasteiger partial charge in [-0.15, -0.1) is 11.3 Å². The molecule has 0 radical (unpaired) electrons. The molecular weight excluding hydrogens is 328 g/mol. The molecular formula is C20H18N4S. The highest BCUT2D eigenvalue weighted by Gasteiger charge is 2.18. The maximum atomic E-state index is 4.72. The van der Waals surface area contributed by atoms with Crippen molar-refractivity contribution in [2.45, 2.75) is 20.4 Å². The van der Waals surface area contributed by atoms with Crippen LogP contribution in [-0.2, 0) is 6.54 Å². The molecule has 3 heterocycles. The molecule has 0 saturated heterocycles. The van der Waals surface area contributed by atoms with E-state index in [9.17, 15) is 0 Å². The summed E-state index contributed by atoms with van der Waals surface area (Å²) in [5, 5.41) is 2.13. The Morgan fingerprint density at radius 1 is 0.960 bits per heavy atom. The van der Waals surface area contributed by atoms with Crippen LogP contribution in [0.1, 0.15) is 17.0 Å². The second kappa shape index (κ2) is 6.61. The number of aromatic nitrogens is 4. The van der Waals surface area contributed by atoms with Gasteiger partial charge in [-0.2, -0.15) is 0 Å². The van der Waals surface area contributed by atoms with Gasteiger partial charge in [-0.1, -0.05) is 30.3 Å². The maximum Gasteiger partial charge on any atom is 0.0971 e. The van der Waals surface area contributed by atoms with Crippen molar-refractivity contribution in [3.05, 3.63) is 77.5 Å². The summed E-state index contributed by atoms with van der Waals surface area (Å²) >= 11 is 1.75. The standard InChI is InChI=1S/C20H18N4S/c1-14-8-9-25-20(14)19-18(16-6-4-3-5-7-16)23-13-24(19)12-17-11-21-15(2)10-22-17/h3-11,13H,12H2,1-2H3. The predicted molar refractivity (Wildman–Crippen MR) is 102 cm³/mol. The normalized spacial score (nSPS) is 11.0. The summed E-state index contributed by atoms with van der Waals surface area (Å²) in [5.74, 6) is 0. The molecule has 124 valence electrons. The first kappa shape index (κ1) is 15.7. The molecule has 5 heteroatoms. The summed E-state index contributed by atoms with van der Waals surface area (Å²) < 4.78 is 2.17. The summed E-state index contributed by atoms with van der Waals surface area (Å²) in [6.45, 7) is 4.74. The topological polar surface area (TPSA) is 43.6 Å². The maximum absolute atomic E-state index is 4.72. The largest absolute Gasteiger partial charge is 0.323 e. The second-order valence-electron chi connectivity index (χ2n) is 6.02. The molecule has 4 rings (SSSR count). The lowest BCUT2D eigenvalue weighted by Crippen LogP contribution is -2.03. The minimum absolute atomic E-state index is 0.653. The predicted octanol–water partition coefficient (Wildman–Crippen LogP) is 4.73. The summed E-state index contributed by atoms with van der Waals surface area (Å²) in [6, 6.07) is 12.5. The number of nitrogens with zero attached hydrogens (tertiary/aromatic N) is 4. The van der Waals surface area contributed by atoms with Crippen LogP contribution in [0.4, 0.5) is 0 Å². The van der Waals surface area contributed by atoms with Crippen LogP contribution in [0.5, 0.6) is 0 Å². The molecule has 4 nitrogen and oxygen atoms in total. The Hall–Kier alpha value is -2.79. The number of thiophene rings is 1. The SMILES string of the molecule is Cc1cnc(Cn2cnc(-c3ccccc3)c2-c2sccc2C)cn1. The van der Waals surface area contributed by atoms with Gasteiger partial charge in [0.2, 0.25) is 0 Å². The molecule has 0 saturated carbocycles. The molecule has 0 aliphatic rings. The summed E-state index contributed by atoms with van der Waals surface area (Å²) in [5.41, 5.74) is 6.39. The van der Waals surface area contributed by atoms with Crippen molar-refractivity contribution in [3.63, 3.8) is 0 Å². The van der Waals surface area contributed by atoms with Crippen LogP contribution >= 0.6 is 11.3 Å². The summed E-state index contributed by atoms with van der Waals surface area (Å²) in [6.07, 6.45) is 5.54. The average Bonchev–Trinajstić information content (AvgIpc) is 3.23. The molecule has 0 amide bonds. The van der Waals surface area contributed by atoms with Crippen molar-refractivity contribution in [1.29, 1.82) is 0 Å². The van der Waals surface area contributed by atoms with Crippen molar-refractivity contribution in [2.24, 2.45) is 0 Å². The highest BCUT2D eigenvalue weighted by Crippen LogP contribution is 2.36. The molecule has 0 aliphatic heterocycles. The van der Waals surface area contributed by atoms with Crippen molar-refractivity contribution in [3.8, 4) is 21.8 Å². The van der Waals surface area contributed by atoms with Crippen LogP contribution in [0.2, 0.25) is 0 Å². The van der Waals surface area contributed by atoms with Gasteiger partial charge in [0, 0.05) is 11.8 Å². The smallest absolute Gasteiger partial charge is 0.0971 e. The fourth-order valence-corrected chi connectivity index (χ4v) is 3.83. The molecule has 3 aromatic heterocycles. The van der Waals surface area contributed by atoms with E-state index >= 15 is 0 Å². The van der Waals surface area contributed by atoms with Gasteiger partial charge in [0.1, 0.15) is 0 Å². The zero-order chi connectivity index (χ0) is 17.2. The van der Waals surface area contributed by atoms with Gasteiger partial charge < -0.3 is 4.57 Å². The Bertz CT molecular complexity index is 984. The minimum atomic E-state index is 0.653. The second-order valence-corrected chi connectivity index (χ2v) is 6.93. The average molecular weight is 346 g/mol. The number of aryl methyl sites for hydroxylation is 2. The van der Waals surface area contributed by atoms with Crippen LogP contribution in [0.25, 0.3) is 21.8 Å². The van der Waals surface area contributed by atoms with E-state index in [4.69, 9.17) is 4.98 Å². The molecule has 0 atom stereocenters. The number of rotatable bonds is 4. The zero-order valence-electron chi connectivity index (χ0n) is 14.2. The summed E-state index contributed by atoms with van der Waals surface area (Å²) in [7, 11) is 0. The fraction of sp³-hybridized carbons (Fsp3) is 0.150. The van der Waals surface area contributed by atoms with Crippen LogP contribution < -0.4 is 0 Å². The van der Waals surface area contributed by atoms with Crippen molar-refractivity contribution in [2.75, 3.05) is 0 Å². The van der Waals surface area contributed by atoms with Crippen LogP contribution in [0.15, 0.2) is 60.5 Å². The molecule has 0 fully saturated rings. The molecule has 4 aromatic rings. The lowest BCUT2D eigenvalue weighted by Gasteiger charge is -2.10. The van der Waals surface area contributed by atoms with E-state index < -0.39 is 0 Å². The molecule has 0 N–H and O–H groups in total. The Balaban J connectivity index is 1.83. The van der Waals surface area contributed by atoms with Gasteiger partial charge in [-0.3, -0.25) is 9.97 Å². The lowest BCUT2D eigenvalue weighted by atomic mass is 10.1. The third kappa shape index (κ3) is 3.10. The van der Waals surface area contributed by atoms with Crippen LogP contribution in [0, 0.1) is 13.8 Å². The Morgan fingerprint density at radius 2 is 1.80 bits per heavy atom. The van der Waals surface area contributed by atoms with E-state index in [0.717, 1.165) is 28.3 Å². The quantitative estimate of drug-likeness (QED) is 0.536. The van der Waals surface area contributed by atoms with Crippen molar-refractivity contribution in [1.82, 2.24) is 19.5 Å². The molecule has 25 heavy (non-hydrogen) atoms. The Kier molecular flexibility index (Phi) is 4.15. The van der Waals surface area contributed by atoms with Gasteiger partial charge in [0.05, 0.1) is 46.7 Å². The van der Waals surface area contributed by atoms with E-state index in [1.807, 2.05) is 37.6 Å². The van der Waals surface area contributed by atoms with E-state index in [1.54, 1.807) is 17.5 Å². The van der Waals surface area contributed by atoms with Gasteiger partial charge in [0.15, 0.2) is 0 Å². The lowest BCUT2D eigenvalue weighted by molar-refractivity contribution is 0.772. The first-order chi connectivity index (χ1) is 12.2. The van der Waals surface area contributed by atoms with E-state index in [2.05, 4.69) is 45.0 Å². The first-order valence-corrected chi connectivity index (χ1v) is 9.03. The van der Waals surface area contributed by atoms with Crippen LogP contribution in [-0.4, -0.2) is 19.5 Å². The monoisotopic (exact) mass is 346 g/mol. The highest BCUT2D eigenvalue weighted by molar-refractivity contribution is 7.13. The van der Waals surface area contributed by atoms with Gasteiger partial charge in [-0.05, 0) is 30.9 Å². The molecule has 1 aromatic carbocycles. The van der Waals surface area contributed by atoms with Crippen molar-refractivity contribution < 1.29 is 0 Å². The number of hydrogen-bond acceptors (Lipinski definition) is 4. The third-order valence-corrected chi connectivity index (χ3v) is 5.15. The number of imidazole rings is 1. The van der Waals surface area contributed by atoms with E-state index in [0.29, 0.717) is 6.54 Å². The number of benzene rings is 1. The minimum Gasteiger partial charge on any atom is -0.323 e. The zero-order valence-corrected chi connectivity index (χ0v) is 15.0.